The van der Waals surface area contributed by atoms with Gasteiger partial charge in [-0.2, -0.15) is 0 Å². The van der Waals surface area contributed by atoms with Crippen LogP contribution < -0.4 is 10.2 Å². The third-order valence-electron chi connectivity index (χ3n) is 2.49. The van der Waals surface area contributed by atoms with Crippen LogP contribution in [0.2, 0.25) is 0 Å². The molecule has 1 N–H and O–H groups in total. The standard InChI is InChI=1S/C12H12N2O4/c1-18-7-8-3-2-4-9(5-8)14-11(16)6-10(15)13-12(14)17/h2-5H,6-7H2,1H3,(H,13,15,17). The van der Waals surface area contributed by atoms with E-state index in [0.717, 1.165) is 10.5 Å². The number of urea groups is 1. The summed E-state index contributed by atoms with van der Waals surface area (Å²) in [5.74, 6) is -1.10. The monoisotopic (exact) mass is 248 g/mol. The molecule has 18 heavy (non-hydrogen) atoms. The first-order chi connectivity index (χ1) is 8.61. The van der Waals surface area contributed by atoms with Crippen LogP contribution in [0, 0.1) is 0 Å². The van der Waals surface area contributed by atoms with Crippen LogP contribution in [0.5, 0.6) is 0 Å². The van der Waals surface area contributed by atoms with E-state index in [-0.39, 0.29) is 6.42 Å². The number of barbiturate groups is 1. The Kier molecular flexibility index (Phi) is 3.38. The first-order valence-corrected chi connectivity index (χ1v) is 5.36. The molecular weight excluding hydrogens is 236 g/mol. The fourth-order valence-electron chi connectivity index (χ4n) is 1.76. The Bertz CT molecular complexity index is 493. The average Bonchev–Trinajstić information content (AvgIpc) is 2.28. The molecule has 0 bridgehead atoms. The lowest BCUT2D eigenvalue weighted by atomic mass is 10.1. The van der Waals surface area contributed by atoms with Crippen molar-refractivity contribution in [2.75, 3.05) is 12.0 Å². The number of benzene rings is 1. The van der Waals surface area contributed by atoms with Crippen molar-refractivity contribution in [3.63, 3.8) is 0 Å². The second-order valence-corrected chi connectivity index (χ2v) is 3.86. The lowest BCUT2D eigenvalue weighted by Crippen LogP contribution is -2.52. The third kappa shape index (κ3) is 2.38. The number of anilines is 1. The second-order valence-electron chi connectivity index (χ2n) is 3.86. The fourth-order valence-corrected chi connectivity index (χ4v) is 1.76. The highest BCUT2D eigenvalue weighted by Gasteiger charge is 2.31. The zero-order valence-corrected chi connectivity index (χ0v) is 9.80. The van der Waals surface area contributed by atoms with Gasteiger partial charge in [-0.05, 0) is 17.7 Å². The van der Waals surface area contributed by atoms with Gasteiger partial charge in [0.2, 0.25) is 11.8 Å². The van der Waals surface area contributed by atoms with E-state index in [9.17, 15) is 14.4 Å². The van der Waals surface area contributed by atoms with Crippen molar-refractivity contribution in [3.8, 4) is 0 Å². The predicted octanol–water partition coefficient (Wildman–Crippen LogP) is 0.806. The van der Waals surface area contributed by atoms with Crippen molar-refractivity contribution in [3.05, 3.63) is 29.8 Å². The second kappa shape index (κ2) is 4.97. The molecule has 0 atom stereocenters. The number of ether oxygens (including phenoxy) is 1. The van der Waals surface area contributed by atoms with Gasteiger partial charge in [0.1, 0.15) is 6.42 Å². The van der Waals surface area contributed by atoms with Gasteiger partial charge in [0.25, 0.3) is 0 Å². The quantitative estimate of drug-likeness (QED) is 0.803. The zero-order chi connectivity index (χ0) is 13.1. The number of carbonyl (C=O) groups is 3. The van der Waals surface area contributed by atoms with Crippen LogP contribution in [0.3, 0.4) is 0 Å². The van der Waals surface area contributed by atoms with Crippen molar-refractivity contribution >= 4 is 23.5 Å². The Morgan fingerprint density at radius 3 is 2.78 bits per heavy atom. The molecule has 0 unspecified atom stereocenters. The first-order valence-electron chi connectivity index (χ1n) is 5.36. The normalized spacial score (nSPS) is 15.8. The number of hydrogen-bond donors (Lipinski definition) is 1. The van der Waals surface area contributed by atoms with E-state index < -0.39 is 17.8 Å². The fraction of sp³-hybridized carbons (Fsp3) is 0.250. The maximum Gasteiger partial charge on any atom is 0.335 e. The maximum absolute atomic E-state index is 11.7. The van der Waals surface area contributed by atoms with Crippen molar-refractivity contribution in [1.29, 1.82) is 0 Å². The summed E-state index contributed by atoms with van der Waals surface area (Å²) in [6, 6.07) is 6.14. The Labute approximate surface area is 104 Å². The number of imide groups is 2. The van der Waals surface area contributed by atoms with Crippen LogP contribution in [0.1, 0.15) is 12.0 Å². The summed E-state index contributed by atoms with van der Waals surface area (Å²) in [5, 5.41) is 2.11. The zero-order valence-electron chi connectivity index (χ0n) is 9.80. The van der Waals surface area contributed by atoms with Crippen LogP contribution in [0.25, 0.3) is 0 Å². The van der Waals surface area contributed by atoms with Crippen molar-refractivity contribution < 1.29 is 19.1 Å². The molecule has 0 aromatic heterocycles. The van der Waals surface area contributed by atoms with Gasteiger partial charge in [0.15, 0.2) is 0 Å². The molecule has 94 valence electrons. The number of nitrogens with one attached hydrogen (secondary N) is 1. The lowest BCUT2D eigenvalue weighted by molar-refractivity contribution is -0.128. The van der Waals surface area contributed by atoms with E-state index >= 15 is 0 Å². The average molecular weight is 248 g/mol. The first kappa shape index (κ1) is 12.3. The maximum atomic E-state index is 11.7. The molecule has 0 spiro atoms. The molecule has 1 saturated heterocycles. The Morgan fingerprint density at radius 2 is 2.11 bits per heavy atom. The van der Waals surface area contributed by atoms with E-state index in [1.807, 2.05) is 6.07 Å². The minimum Gasteiger partial charge on any atom is -0.380 e. The van der Waals surface area contributed by atoms with Crippen molar-refractivity contribution in [1.82, 2.24) is 5.32 Å². The molecule has 4 amide bonds. The Balaban J connectivity index is 2.29. The van der Waals surface area contributed by atoms with Gasteiger partial charge >= 0.3 is 6.03 Å². The smallest absolute Gasteiger partial charge is 0.335 e. The summed E-state index contributed by atoms with van der Waals surface area (Å²) < 4.78 is 4.98. The van der Waals surface area contributed by atoms with E-state index in [2.05, 4.69) is 5.32 Å². The van der Waals surface area contributed by atoms with Crippen LogP contribution >= 0.6 is 0 Å². The minimum absolute atomic E-state index is 0.319. The number of rotatable bonds is 3. The number of amides is 4. The molecule has 0 saturated carbocycles. The van der Waals surface area contributed by atoms with Crippen molar-refractivity contribution in [2.24, 2.45) is 0 Å². The van der Waals surface area contributed by atoms with Crippen LogP contribution in [-0.4, -0.2) is 25.0 Å². The van der Waals surface area contributed by atoms with Gasteiger partial charge in [-0.25, -0.2) is 9.69 Å². The molecular formula is C12H12N2O4. The van der Waals surface area contributed by atoms with Crippen LogP contribution in [-0.2, 0) is 20.9 Å². The molecule has 1 heterocycles. The SMILES string of the molecule is COCc1cccc(N2C(=O)CC(=O)NC2=O)c1. The minimum atomic E-state index is -0.717. The topological polar surface area (TPSA) is 75.7 Å². The molecule has 2 rings (SSSR count). The molecule has 1 aromatic carbocycles. The van der Waals surface area contributed by atoms with Gasteiger partial charge in [0.05, 0.1) is 12.3 Å². The largest absolute Gasteiger partial charge is 0.380 e. The molecule has 0 aliphatic carbocycles. The summed E-state index contributed by atoms with van der Waals surface area (Å²) in [4.78, 5) is 35.3. The Morgan fingerprint density at radius 1 is 1.33 bits per heavy atom. The molecule has 0 radical (unpaired) electrons. The third-order valence-corrected chi connectivity index (χ3v) is 2.49. The van der Waals surface area contributed by atoms with E-state index in [1.54, 1.807) is 25.3 Å². The van der Waals surface area contributed by atoms with E-state index in [1.165, 1.54) is 0 Å². The number of nitrogens with zero attached hydrogens (tertiary/aromatic N) is 1. The highest BCUT2D eigenvalue weighted by molar-refractivity contribution is 6.26. The molecule has 1 aromatic rings. The summed E-state index contributed by atoms with van der Waals surface area (Å²) in [7, 11) is 1.56. The molecule has 6 heteroatoms. The van der Waals surface area contributed by atoms with Crippen molar-refractivity contribution in [2.45, 2.75) is 13.0 Å². The lowest BCUT2D eigenvalue weighted by Gasteiger charge is -2.24. The van der Waals surface area contributed by atoms with Gasteiger partial charge in [-0.3, -0.25) is 14.9 Å². The van der Waals surface area contributed by atoms with Gasteiger partial charge in [0, 0.05) is 7.11 Å². The summed E-state index contributed by atoms with van der Waals surface area (Å²) in [6.07, 6.45) is -0.319. The number of carbonyl (C=O) groups excluding carboxylic acids is 3. The van der Waals surface area contributed by atoms with E-state index in [0.29, 0.717) is 12.3 Å². The summed E-state index contributed by atoms with van der Waals surface area (Å²) in [5.41, 5.74) is 1.27. The molecule has 1 aliphatic heterocycles. The highest BCUT2D eigenvalue weighted by Crippen LogP contribution is 2.19. The van der Waals surface area contributed by atoms with E-state index in [4.69, 9.17) is 4.74 Å². The van der Waals surface area contributed by atoms with Crippen LogP contribution in [0.15, 0.2) is 24.3 Å². The molecule has 6 nitrogen and oxygen atoms in total. The van der Waals surface area contributed by atoms with Gasteiger partial charge < -0.3 is 4.74 Å². The predicted molar refractivity (Wildman–Crippen MR) is 62.8 cm³/mol. The summed E-state index contributed by atoms with van der Waals surface area (Å²) in [6.45, 7) is 0.385. The molecule has 1 aliphatic rings. The van der Waals surface area contributed by atoms with Gasteiger partial charge in [-0.15, -0.1) is 0 Å². The van der Waals surface area contributed by atoms with Crippen LogP contribution in [0.4, 0.5) is 10.5 Å². The molecule has 1 fully saturated rings. The summed E-state index contributed by atoms with van der Waals surface area (Å²) >= 11 is 0. The number of methoxy groups -OCH3 is 1. The van der Waals surface area contributed by atoms with Gasteiger partial charge in [-0.1, -0.05) is 12.1 Å². The Hall–Kier alpha value is -2.21. The highest BCUT2D eigenvalue weighted by atomic mass is 16.5. The number of hydrogen-bond acceptors (Lipinski definition) is 4.